The van der Waals surface area contributed by atoms with Crippen LogP contribution in [-0.2, 0) is 12.8 Å². The number of carbonyl (C=O) groups is 1. The van der Waals surface area contributed by atoms with Gasteiger partial charge in [-0.1, -0.05) is 18.2 Å². The Hall–Kier alpha value is -2.59. The second-order valence-corrected chi connectivity index (χ2v) is 7.61. The number of likely N-dealkylation sites (N-methyl/N-ethyl adjacent to an activating group) is 1. The van der Waals surface area contributed by atoms with Crippen LogP contribution in [0.5, 0.6) is 0 Å². The fourth-order valence-corrected chi connectivity index (χ4v) is 4.13. The lowest BCUT2D eigenvalue weighted by molar-refractivity contribution is 0.0993. The molecular weight excluding hydrogens is 334 g/mol. The van der Waals surface area contributed by atoms with Gasteiger partial charge in [0.05, 0.1) is 0 Å². The number of Topliss-reactive ketones (excluding diaryl/α,β-unsaturated/α-hetero) is 1. The van der Waals surface area contributed by atoms with Crippen molar-refractivity contribution >= 4 is 22.4 Å². The molecule has 2 aromatic carbocycles. The van der Waals surface area contributed by atoms with Gasteiger partial charge in [-0.3, -0.25) is 4.79 Å². The van der Waals surface area contributed by atoms with Crippen LogP contribution in [0, 0.1) is 0 Å². The van der Waals surface area contributed by atoms with Crippen LogP contribution < -0.4 is 5.32 Å². The van der Waals surface area contributed by atoms with Gasteiger partial charge in [0.2, 0.25) is 0 Å². The van der Waals surface area contributed by atoms with E-state index in [1.54, 1.807) is 0 Å². The van der Waals surface area contributed by atoms with Crippen LogP contribution in [0.1, 0.15) is 34.3 Å². The normalized spacial score (nSPS) is 17.5. The van der Waals surface area contributed by atoms with Crippen molar-refractivity contribution in [3.8, 4) is 0 Å². The summed E-state index contributed by atoms with van der Waals surface area (Å²) in [6, 6.07) is 14.7. The van der Waals surface area contributed by atoms with Crippen molar-refractivity contribution < 1.29 is 4.79 Å². The maximum absolute atomic E-state index is 12.7. The first-order valence-electron chi connectivity index (χ1n) is 9.74. The van der Waals surface area contributed by atoms with Gasteiger partial charge < -0.3 is 15.2 Å². The molecule has 4 nitrogen and oxygen atoms in total. The molecule has 27 heavy (non-hydrogen) atoms. The van der Waals surface area contributed by atoms with Crippen LogP contribution in [0.4, 0.5) is 5.69 Å². The lowest BCUT2D eigenvalue weighted by Crippen LogP contribution is -2.26. The summed E-state index contributed by atoms with van der Waals surface area (Å²) in [6.07, 6.45) is 6.19. The van der Waals surface area contributed by atoms with Gasteiger partial charge in [-0.05, 0) is 68.2 Å². The molecule has 0 aliphatic carbocycles. The Morgan fingerprint density at radius 2 is 2.15 bits per heavy atom. The zero-order chi connectivity index (χ0) is 18.8. The van der Waals surface area contributed by atoms with Gasteiger partial charge in [0, 0.05) is 47.9 Å². The number of hydrogen-bond donors (Lipinski definition) is 2. The average molecular weight is 361 g/mol. The molecule has 1 atom stereocenters. The quantitative estimate of drug-likeness (QED) is 0.645. The molecule has 1 unspecified atom stereocenters. The monoisotopic (exact) mass is 361 g/mol. The summed E-state index contributed by atoms with van der Waals surface area (Å²) in [4.78, 5) is 18.6. The molecule has 1 saturated heterocycles. The van der Waals surface area contributed by atoms with E-state index in [9.17, 15) is 4.79 Å². The predicted molar refractivity (Wildman–Crippen MR) is 112 cm³/mol. The third-order valence-corrected chi connectivity index (χ3v) is 5.80. The standard InChI is InChI=1S/C23H27N3O/c1-24-19-6-3-5-17(13-19)23(27)12-16-8-9-22-21(11-16)18(15-25-22)14-20-7-4-10-26(20)2/h3,5-6,8-9,11,13,15,20,24-25H,4,7,10,12,14H2,1-2H3. The van der Waals surface area contributed by atoms with Crippen LogP contribution in [-0.4, -0.2) is 42.3 Å². The summed E-state index contributed by atoms with van der Waals surface area (Å²) in [5.74, 6) is 0.152. The SMILES string of the molecule is CNc1cccc(C(=O)Cc2ccc3[nH]cc(CC4CCCN4C)c3c2)c1. The number of anilines is 1. The van der Waals surface area contributed by atoms with E-state index in [1.807, 2.05) is 31.3 Å². The van der Waals surface area contributed by atoms with Gasteiger partial charge in [-0.25, -0.2) is 0 Å². The molecule has 0 bridgehead atoms. The molecular formula is C23H27N3O. The Labute approximate surface area is 160 Å². The number of hydrogen-bond acceptors (Lipinski definition) is 3. The van der Waals surface area contributed by atoms with Gasteiger partial charge >= 0.3 is 0 Å². The van der Waals surface area contributed by atoms with Gasteiger partial charge in [0.1, 0.15) is 0 Å². The van der Waals surface area contributed by atoms with Crippen molar-refractivity contribution in [2.45, 2.75) is 31.7 Å². The first kappa shape index (κ1) is 17.8. The zero-order valence-electron chi connectivity index (χ0n) is 16.1. The third-order valence-electron chi connectivity index (χ3n) is 5.80. The van der Waals surface area contributed by atoms with Crippen molar-refractivity contribution in [3.05, 3.63) is 65.4 Å². The highest BCUT2D eigenvalue weighted by Crippen LogP contribution is 2.26. The van der Waals surface area contributed by atoms with Crippen LogP contribution in [0.15, 0.2) is 48.7 Å². The molecule has 1 aliphatic heterocycles. The fraction of sp³-hybridized carbons (Fsp3) is 0.348. The second kappa shape index (κ2) is 7.57. The summed E-state index contributed by atoms with van der Waals surface area (Å²) < 4.78 is 0. The Bertz CT molecular complexity index is 959. The van der Waals surface area contributed by atoms with Gasteiger partial charge in [-0.15, -0.1) is 0 Å². The maximum Gasteiger partial charge on any atom is 0.167 e. The van der Waals surface area contributed by atoms with E-state index in [1.165, 1.54) is 30.3 Å². The molecule has 0 amide bonds. The van der Waals surface area contributed by atoms with E-state index in [4.69, 9.17) is 0 Å². The molecule has 4 rings (SSSR count). The van der Waals surface area contributed by atoms with Crippen molar-refractivity contribution in [1.82, 2.24) is 9.88 Å². The highest BCUT2D eigenvalue weighted by molar-refractivity contribution is 5.98. The number of carbonyl (C=O) groups excluding carboxylic acids is 1. The molecule has 4 heteroatoms. The topological polar surface area (TPSA) is 48.1 Å². The van der Waals surface area contributed by atoms with E-state index < -0.39 is 0 Å². The summed E-state index contributed by atoms with van der Waals surface area (Å²) in [7, 11) is 4.09. The molecule has 0 spiro atoms. The first-order chi connectivity index (χ1) is 13.1. The molecule has 2 N–H and O–H groups in total. The number of nitrogens with one attached hydrogen (secondary N) is 2. The summed E-state index contributed by atoms with van der Waals surface area (Å²) >= 11 is 0. The molecule has 3 aromatic rings. The van der Waals surface area contributed by atoms with E-state index >= 15 is 0 Å². The molecule has 140 valence electrons. The van der Waals surface area contributed by atoms with E-state index in [2.05, 4.69) is 46.6 Å². The molecule has 0 radical (unpaired) electrons. The van der Waals surface area contributed by atoms with E-state index in [0.29, 0.717) is 12.5 Å². The predicted octanol–water partition coefficient (Wildman–Crippen LogP) is 4.27. The average Bonchev–Trinajstić information content (AvgIpc) is 3.28. The lowest BCUT2D eigenvalue weighted by Gasteiger charge is -2.18. The largest absolute Gasteiger partial charge is 0.388 e. The Balaban J connectivity index is 1.55. The van der Waals surface area contributed by atoms with E-state index in [0.717, 1.165) is 28.8 Å². The van der Waals surface area contributed by atoms with Crippen LogP contribution >= 0.6 is 0 Å². The number of fused-ring (bicyclic) bond motifs is 1. The van der Waals surface area contributed by atoms with E-state index in [-0.39, 0.29) is 5.78 Å². The van der Waals surface area contributed by atoms with Crippen LogP contribution in [0.2, 0.25) is 0 Å². The molecule has 1 fully saturated rings. The summed E-state index contributed by atoms with van der Waals surface area (Å²) in [5.41, 5.74) is 5.30. The van der Waals surface area contributed by atoms with Crippen molar-refractivity contribution in [2.24, 2.45) is 0 Å². The smallest absolute Gasteiger partial charge is 0.167 e. The fourth-order valence-electron chi connectivity index (χ4n) is 4.13. The van der Waals surface area contributed by atoms with Gasteiger partial charge in [0.15, 0.2) is 5.78 Å². The minimum Gasteiger partial charge on any atom is -0.388 e. The highest BCUT2D eigenvalue weighted by atomic mass is 16.1. The Morgan fingerprint density at radius 1 is 1.26 bits per heavy atom. The minimum absolute atomic E-state index is 0.152. The highest BCUT2D eigenvalue weighted by Gasteiger charge is 2.22. The summed E-state index contributed by atoms with van der Waals surface area (Å²) in [5, 5.41) is 4.35. The number of rotatable bonds is 6. The van der Waals surface area contributed by atoms with Crippen LogP contribution in [0.25, 0.3) is 10.9 Å². The lowest BCUT2D eigenvalue weighted by atomic mass is 9.98. The second-order valence-electron chi connectivity index (χ2n) is 7.61. The number of likely N-dealkylation sites (tertiary alicyclic amines) is 1. The molecule has 1 aliphatic rings. The number of ketones is 1. The van der Waals surface area contributed by atoms with Crippen molar-refractivity contribution in [1.29, 1.82) is 0 Å². The number of aromatic amines is 1. The Kier molecular flexibility index (Phi) is 4.99. The summed E-state index contributed by atoms with van der Waals surface area (Å²) in [6.45, 7) is 1.19. The van der Waals surface area contributed by atoms with Crippen LogP contribution in [0.3, 0.4) is 0 Å². The third kappa shape index (κ3) is 3.76. The van der Waals surface area contributed by atoms with Crippen molar-refractivity contribution in [3.63, 3.8) is 0 Å². The maximum atomic E-state index is 12.7. The number of benzene rings is 2. The van der Waals surface area contributed by atoms with Gasteiger partial charge in [-0.2, -0.15) is 0 Å². The molecule has 0 saturated carbocycles. The van der Waals surface area contributed by atoms with Crippen molar-refractivity contribution in [2.75, 3.05) is 26.0 Å². The van der Waals surface area contributed by atoms with Gasteiger partial charge in [0.25, 0.3) is 0 Å². The Morgan fingerprint density at radius 3 is 2.93 bits per heavy atom. The minimum atomic E-state index is 0.152. The first-order valence-corrected chi connectivity index (χ1v) is 9.74. The zero-order valence-corrected chi connectivity index (χ0v) is 16.1. The molecule has 1 aromatic heterocycles. The molecule has 2 heterocycles. The number of nitrogens with zero attached hydrogens (tertiary/aromatic N) is 1. The number of H-pyrrole nitrogens is 1. The number of aromatic nitrogens is 1.